The van der Waals surface area contributed by atoms with Gasteiger partial charge in [0.1, 0.15) is 12.4 Å². The van der Waals surface area contributed by atoms with Gasteiger partial charge < -0.3 is 9.64 Å². The van der Waals surface area contributed by atoms with Crippen LogP contribution < -0.4 is 4.74 Å². The number of aromatic nitrogens is 2. The summed E-state index contributed by atoms with van der Waals surface area (Å²) < 4.78 is 60.2. The molecule has 0 saturated carbocycles. The molecule has 24 heavy (non-hydrogen) atoms. The van der Waals surface area contributed by atoms with Crippen molar-refractivity contribution in [3.05, 3.63) is 35.1 Å². The molecule has 1 amide bonds. The summed E-state index contributed by atoms with van der Waals surface area (Å²) in [5.74, 6) is -1.02. The lowest BCUT2D eigenvalue weighted by Crippen LogP contribution is -2.16. The molecule has 0 atom stereocenters. The van der Waals surface area contributed by atoms with Crippen molar-refractivity contribution in [1.29, 1.82) is 0 Å². The van der Waals surface area contributed by atoms with E-state index in [2.05, 4.69) is 9.36 Å². The van der Waals surface area contributed by atoms with Gasteiger partial charge in [0.15, 0.2) is 0 Å². The normalized spacial score (nSPS) is 11.4. The van der Waals surface area contributed by atoms with Gasteiger partial charge in [-0.15, -0.1) is 0 Å². The number of hydrogen-bond acceptors (Lipinski definition) is 6. The number of thioether (sulfide) groups is 1. The van der Waals surface area contributed by atoms with Gasteiger partial charge in [-0.2, -0.15) is 22.5 Å². The Morgan fingerprint density at radius 1 is 1.38 bits per heavy atom. The van der Waals surface area contributed by atoms with Crippen LogP contribution >= 0.6 is 23.3 Å². The molecule has 0 N–H and O–H groups in total. The smallest absolute Gasteiger partial charge is 0.416 e. The van der Waals surface area contributed by atoms with Gasteiger partial charge in [0.2, 0.25) is 5.16 Å². The molecule has 0 bridgehead atoms. The zero-order valence-electron chi connectivity index (χ0n) is 12.4. The van der Waals surface area contributed by atoms with Crippen LogP contribution in [0.3, 0.4) is 0 Å². The number of rotatable bonds is 4. The van der Waals surface area contributed by atoms with Crippen molar-refractivity contribution < 1.29 is 27.1 Å². The second-order valence-electron chi connectivity index (χ2n) is 4.70. The standard InChI is InChI=1S/C13H11F4N3O2S2/c1-20(2)12(21)23-10-18-11(24-19-10)22-6-7-3-4-8(5-9(7)14)13(15,16)17/h3-5H,6H2,1-2H3. The first-order chi connectivity index (χ1) is 11.2. The van der Waals surface area contributed by atoms with Crippen LogP contribution in [-0.2, 0) is 12.8 Å². The Bertz CT molecular complexity index is 734. The Morgan fingerprint density at radius 2 is 2.08 bits per heavy atom. The Morgan fingerprint density at radius 3 is 2.67 bits per heavy atom. The van der Waals surface area contributed by atoms with E-state index < -0.39 is 17.6 Å². The van der Waals surface area contributed by atoms with Gasteiger partial charge in [0.05, 0.1) is 5.56 Å². The van der Waals surface area contributed by atoms with Gasteiger partial charge in [-0.3, -0.25) is 4.79 Å². The first kappa shape index (κ1) is 18.5. The van der Waals surface area contributed by atoms with E-state index in [0.29, 0.717) is 6.07 Å². The Balaban J connectivity index is 1.99. The van der Waals surface area contributed by atoms with Gasteiger partial charge in [0.25, 0.3) is 10.4 Å². The lowest BCUT2D eigenvalue weighted by Gasteiger charge is -2.09. The van der Waals surface area contributed by atoms with E-state index in [0.717, 1.165) is 35.4 Å². The maximum atomic E-state index is 13.7. The summed E-state index contributed by atoms with van der Waals surface area (Å²) in [5.41, 5.74) is -1.11. The molecule has 5 nitrogen and oxygen atoms in total. The number of benzene rings is 1. The highest BCUT2D eigenvalue weighted by Gasteiger charge is 2.31. The molecule has 0 spiro atoms. The lowest BCUT2D eigenvalue weighted by molar-refractivity contribution is -0.137. The van der Waals surface area contributed by atoms with E-state index in [-0.39, 0.29) is 27.8 Å². The van der Waals surface area contributed by atoms with Gasteiger partial charge >= 0.3 is 6.18 Å². The number of ether oxygens (including phenoxy) is 1. The minimum absolute atomic E-state index is 0.0447. The average molecular weight is 381 g/mol. The summed E-state index contributed by atoms with van der Waals surface area (Å²) in [6, 6.07) is 2.19. The molecule has 0 radical (unpaired) electrons. The van der Waals surface area contributed by atoms with Crippen LogP contribution in [0.4, 0.5) is 22.4 Å². The molecule has 11 heteroatoms. The number of amides is 1. The van der Waals surface area contributed by atoms with E-state index in [1.165, 1.54) is 4.90 Å². The van der Waals surface area contributed by atoms with Crippen molar-refractivity contribution in [2.24, 2.45) is 0 Å². The number of carbonyl (C=O) groups is 1. The molecular weight excluding hydrogens is 370 g/mol. The van der Waals surface area contributed by atoms with E-state index in [1.807, 2.05) is 0 Å². The monoisotopic (exact) mass is 381 g/mol. The third-order valence-electron chi connectivity index (χ3n) is 2.66. The molecular formula is C13H11F4N3O2S2. The van der Waals surface area contributed by atoms with Crippen molar-refractivity contribution in [1.82, 2.24) is 14.3 Å². The number of carbonyl (C=O) groups excluding carboxylic acids is 1. The summed E-state index contributed by atoms with van der Waals surface area (Å²) in [4.78, 5) is 16.8. The highest BCUT2D eigenvalue weighted by Crippen LogP contribution is 2.30. The third kappa shape index (κ3) is 4.81. The van der Waals surface area contributed by atoms with Crippen LogP contribution in [0.5, 0.6) is 5.19 Å². The first-order valence-corrected chi connectivity index (χ1v) is 7.97. The molecule has 1 heterocycles. The summed E-state index contributed by atoms with van der Waals surface area (Å²) in [7, 11) is 3.15. The topological polar surface area (TPSA) is 55.3 Å². The van der Waals surface area contributed by atoms with E-state index in [4.69, 9.17) is 4.74 Å². The second kappa shape index (κ2) is 7.34. The Hall–Kier alpha value is -1.88. The molecule has 2 aromatic rings. The molecule has 0 fully saturated rings. The lowest BCUT2D eigenvalue weighted by atomic mass is 10.1. The quantitative estimate of drug-likeness (QED) is 0.591. The van der Waals surface area contributed by atoms with E-state index in [1.54, 1.807) is 14.1 Å². The predicted octanol–water partition coefficient (Wildman–Crippen LogP) is 4.05. The fourth-order valence-corrected chi connectivity index (χ4v) is 2.67. The zero-order valence-corrected chi connectivity index (χ0v) is 14.1. The third-order valence-corrected chi connectivity index (χ3v) is 4.31. The summed E-state index contributed by atoms with van der Waals surface area (Å²) in [5, 5.41) is -0.00178. The van der Waals surface area contributed by atoms with Crippen LogP contribution in [-0.4, -0.2) is 33.6 Å². The van der Waals surface area contributed by atoms with Crippen molar-refractivity contribution in [2.45, 2.75) is 17.9 Å². The summed E-state index contributed by atoms with van der Waals surface area (Å²) >= 11 is 1.66. The Kier molecular flexibility index (Phi) is 5.65. The minimum atomic E-state index is -4.61. The molecule has 0 saturated heterocycles. The molecule has 130 valence electrons. The first-order valence-electron chi connectivity index (χ1n) is 6.38. The number of halogens is 4. The minimum Gasteiger partial charge on any atom is -0.464 e. The SMILES string of the molecule is CN(C)C(=O)Sc1nsc(OCc2ccc(C(F)(F)F)cc2F)n1. The summed E-state index contributed by atoms with van der Waals surface area (Å²) in [6.07, 6.45) is -4.61. The largest absolute Gasteiger partial charge is 0.464 e. The molecule has 0 unspecified atom stereocenters. The molecule has 2 rings (SSSR count). The predicted molar refractivity (Wildman–Crippen MR) is 80.6 cm³/mol. The molecule has 0 aliphatic carbocycles. The van der Waals surface area contributed by atoms with Gasteiger partial charge in [-0.05, 0) is 12.1 Å². The van der Waals surface area contributed by atoms with Crippen LogP contribution in [0, 0.1) is 5.82 Å². The zero-order chi connectivity index (χ0) is 17.9. The van der Waals surface area contributed by atoms with E-state index >= 15 is 0 Å². The van der Waals surface area contributed by atoms with Crippen molar-refractivity contribution in [3.8, 4) is 5.19 Å². The van der Waals surface area contributed by atoms with Crippen LogP contribution in [0.15, 0.2) is 23.4 Å². The second-order valence-corrected chi connectivity index (χ2v) is 6.33. The molecule has 1 aromatic carbocycles. The van der Waals surface area contributed by atoms with Gasteiger partial charge in [-0.25, -0.2) is 4.39 Å². The average Bonchev–Trinajstić information content (AvgIpc) is 2.92. The Labute approximate surface area is 142 Å². The molecule has 0 aliphatic rings. The maximum Gasteiger partial charge on any atom is 0.416 e. The maximum absolute atomic E-state index is 13.7. The van der Waals surface area contributed by atoms with Gasteiger partial charge in [-0.1, -0.05) is 6.07 Å². The van der Waals surface area contributed by atoms with Crippen molar-refractivity contribution in [2.75, 3.05) is 14.1 Å². The van der Waals surface area contributed by atoms with Crippen molar-refractivity contribution in [3.63, 3.8) is 0 Å². The number of nitrogens with zero attached hydrogens (tertiary/aromatic N) is 3. The molecule has 0 aliphatic heterocycles. The van der Waals surface area contributed by atoms with Crippen LogP contribution in [0.25, 0.3) is 0 Å². The number of hydrogen-bond donors (Lipinski definition) is 0. The fourth-order valence-electron chi connectivity index (χ4n) is 1.45. The highest BCUT2D eigenvalue weighted by atomic mass is 32.2. The van der Waals surface area contributed by atoms with Crippen LogP contribution in [0.1, 0.15) is 11.1 Å². The fraction of sp³-hybridized carbons (Fsp3) is 0.308. The van der Waals surface area contributed by atoms with Crippen LogP contribution in [0.2, 0.25) is 0 Å². The van der Waals surface area contributed by atoms with Gasteiger partial charge in [0, 0.05) is 43.0 Å². The summed E-state index contributed by atoms with van der Waals surface area (Å²) in [6.45, 7) is -0.301. The van der Waals surface area contributed by atoms with Crippen molar-refractivity contribution >= 4 is 28.5 Å². The molecule has 1 aromatic heterocycles. The highest BCUT2D eigenvalue weighted by molar-refractivity contribution is 8.13. The van der Waals surface area contributed by atoms with E-state index in [9.17, 15) is 22.4 Å². The number of alkyl halides is 3.